The number of amides is 1. The largest absolute Gasteiger partial charge is 0.480 e. The van der Waals surface area contributed by atoms with Crippen molar-refractivity contribution in [2.75, 3.05) is 14.1 Å². The van der Waals surface area contributed by atoms with E-state index in [2.05, 4.69) is 20.1 Å². The van der Waals surface area contributed by atoms with Crippen LogP contribution < -0.4 is 0 Å². The van der Waals surface area contributed by atoms with Gasteiger partial charge in [-0.05, 0) is 30.7 Å². The first-order valence-electron chi connectivity index (χ1n) is 8.77. The zero-order valence-electron chi connectivity index (χ0n) is 16.3. The Balaban J connectivity index is 0.000000536. The summed E-state index contributed by atoms with van der Waals surface area (Å²) in [7, 11) is 3.33. The Morgan fingerprint density at radius 1 is 1.14 bits per heavy atom. The molecule has 29 heavy (non-hydrogen) atoms. The molecule has 0 saturated heterocycles. The van der Waals surface area contributed by atoms with Crippen molar-refractivity contribution >= 4 is 29.0 Å². The topological polar surface area (TPSA) is 114 Å². The van der Waals surface area contributed by atoms with Gasteiger partial charge >= 0.3 is 5.97 Å². The second-order valence-electron chi connectivity index (χ2n) is 6.51. The minimum Gasteiger partial charge on any atom is -0.480 e. The van der Waals surface area contributed by atoms with Crippen molar-refractivity contribution in [2.45, 2.75) is 13.5 Å². The molecule has 9 heteroatoms. The van der Waals surface area contributed by atoms with Crippen LogP contribution in [0.4, 0.5) is 0 Å². The lowest BCUT2D eigenvalue weighted by molar-refractivity contribution is -0.137. The normalized spacial score (nSPS) is 11.6. The third-order valence-corrected chi connectivity index (χ3v) is 4.14. The fraction of sp³-hybridized carbons (Fsp3) is 0.200. The number of rotatable bonds is 4. The van der Waals surface area contributed by atoms with E-state index in [1.54, 1.807) is 58.1 Å². The Hall–Kier alpha value is -3.88. The van der Waals surface area contributed by atoms with Crippen molar-refractivity contribution in [3.8, 4) is 11.1 Å². The molecule has 0 aliphatic carbocycles. The Labute approximate surface area is 167 Å². The van der Waals surface area contributed by atoms with Gasteiger partial charge in [0.15, 0.2) is 0 Å². The maximum Gasteiger partial charge on any atom is 0.325 e. The molecule has 0 fully saturated rings. The molecule has 0 spiro atoms. The fourth-order valence-corrected chi connectivity index (χ4v) is 2.65. The fourth-order valence-electron chi connectivity index (χ4n) is 2.65. The highest BCUT2D eigenvalue weighted by Crippen LogP contribution is 2.29. The molecule has 1 amide bonds. The van der Waals surface area contributed by atoms with E-state index in [1.165, 1.54) is 9.58 Å². The molecule has 1 N–H and O–H groups in total. The number of allylic oxidation sites excluding steroid dienone is 1. The van der Waals surface area contributed by atoms with Crippen LogP contribution in [0.2, 0.25) is 0 Å². The number of carbonyl (C=O) groups is 2. The number of fused-ring (bicyclic) bond motifs is 1. The first kappa shape index (κ1) is 19.9. The molecule has 3 aromatic rings. The van der Waals surface area contributed by atoms with E-state index in [0.29, 0.717) is 28.0 Å². The van der Waals surface area contributed by atoms with Crippen LogP contribution >= 0.6 is 0 Å². The average molecular weight is 392 g/mol. The molecule has 1 aromatic carbocycles. The molecule has 0 unspecified atom stereocenters. The summed E-state index contributed by atoms with van der Waals surface area (Å²) in [6.45, 7) is 1.51. The summed E-state index contributed by atoms with van der Waals surface area (Å²) in [6, 6.07) is 3.48. The second kappa shape index (κ2) is 8.42. The van der Waals surface area contributed by atoms with Gasteiger partial charge in [0.2, 0.25) is 0 Å². The predicted molar refractivity (Wildman–Crippen MR) is 109 cm³/mol. The third kappa shape index (κ3) is 4.52. The zero-order valence-corrected chi connectivity index (χ0v) is 16.3. The van der Waals surface area contributed by atoms with E-state index in [1.807, 2.05) is 12.1 Å². The molecule has 4 rings (SSSR count). The van der Waals surface area contributed by atoms with Crippen LogP contribution in [-0.4, -0.2) is 61.9 Å². The van der Waals surface area contributed by atoms with E-state index in [9.17, 15) is 9.59 Å². The molecule has 2 aromatic heterocycles. The number of aromatic nitrogens is 4. The Morgan fingerprint density at radius 3 is 2.28 bits per heavy atom. The molecule has 1 aliphatic heterocycles. The van der Waals surface area contributed by atoms with Crippen LogP contribution in [0.15, 0.2) is 48.0 Å². The molecule has 3 heterocycles. The number of nitrogens with zero attached hydrogens (tertiary/aromatic N) is 6. The summed E-state index contributed by atoms with van der Waals surface area (Å²) in [4.78, 5) is 37.1. The minimum absolute atomic E-state index is 0.194. The summed E-state index contributed by atoms with van der Waals surface area (Å²) < 4.78 is 1.36. The first-order chi connectivity index (χ1) is 13.9. The van der Waals surface area contributed by atoms with Gasteiger partial charge in [-0.15, -0.1) is 0 Å². The van der Waals surface area contributed by atoms with Crippen LogP contribution in [0.25, 0.3) is 22.0 Å². The molecule has 1 aliphatic rings. The Bertz CT molecular complexity index is 1100. The lowest BCUT2D eigenvalue weighted by Gasteiger charge is -2.15. The number of hydrogen-bond acceptors (Lipinski definition) is 6. The van der Waals surface area contributed by atoms with Gasteiger partial charge in [-0.3, -0.25) is 19.3 Å². The van der Waals surface area contributed by atoms with Gasteiger partial charge in [0.1, 0.15) is 12.4 Å². The molecule has 9 nitrogen and oxygen atoms in total. The maximum atomic E-state index is 12.6. The molecule has 0 radical (unpaired) electrons. The summed E-state index contributed by atoms with van der Waals surface area (Å²) in [5, 5.41) is 13.9. The molecular formula is C20H20N6O3. The lowest BCUT2D eigenvalue weighted by Crippen LogP contribution is -2.22. The summed E-state index contributed by atoms with van der Waals surface area (Å²) >= 11 is 0. The molecule has 0 saturated carbocycles. The van der Waals surface area contributed by atoms with Crippen LogP contribution in [-0.2, 0) is 11.3 Å². The molecule has 0 atom stereocenters. The smallest absolute Gasteiger partial charge is 0.325 e. The van der Waals surface area contributed by atoms with Crippen molar-refractivity contribution in [1.29, 1.82) is 0 Å². The number of benzene rings is 1. The zero-order chi connectivity index (χ0) is 21.0. The number of carboxylic acid groups (broad SMARTS) is 1. The van der Waals surface area contributed by atoms with E-state index >= 15 is 0 Å². The van der Waals surface area contributed by atoms with E-state index in [4.69, 9.17) is 5.11 Å². The van der Waals surface area contributed by atoms with Crippen molar-refractivity contribution in [3.05, 3.63) is 54.4 Å². The van der Waals surface area contributed by atoms with Crippen molar-refractivity contribution < 1.29 is 14.7 Å². The van der Waals surface area contributed by atoms with Crippen molar-refractivity contribution in [1.82, 2.24) is 24.6 Å². The summed E-state index contributed by atoms with van der Waals surface area (Å²) in [5.41, 5.74) is 2.42. The van der Waals surface area contributed by atoms with Crippen LogP contribution in [0, 0.1) is 6.92 Å². The van der Waals surface area contributed by atoms with E-state index < -0.39 is 5.97 Å². The van der Waals surface area contributed by atoms with Gasteiger partial charge in [0.05, 0.1) is 11.7 Å². The number of aliphatic imine (C=N–C) groups is 1. The number of carboxylic acids is 1. The highest BCUT2D eigenvalue weighted by molar-refractivity contribution is 6.04. The predicted octanol–water partition coefficient (Wildman–Crippen LogP) is 2.17. The highest BCUT2D eigenvalue weighted by atomic mass is 16.4. The Kier molecular flexibility index (Phi) is 5.77. The summed E-state index contributed by atoms with van der Waals surface area (Å²) in [6.07, 6.45) is 10.3. The van der Waals surface area contributed by atoms with Gasteiger partial charge in [0.25, 0.3) is 5.91 Å². The highest BCUT2D eigenvalue weighted by Gasteiger charge is 2.19. The second-order valence-corrected chi connectivity index (χ2v) is 6.51. The number of carbonyl (C=O) groups excluding carboxylic acids is 1. The summed E-state index contributed by atoms with van der Waals surface area (Å²) in [5.74, 6) is -0.554. The van der Waals surface area contributed by atoms with E-state index in [-0.39, 0.29) is 12.5 Å². The van der Waals surface area contributed by atoms with Gasteiger partial charge in [-0.1, -0.05) is 0 Å². The van der Waals surface area contributed by atoms with Gasteiger partial charge < -0.3 is 10.0 Å². The maximum absolute atomic E-state index is 12.6. The Morgan fingerprint density at radius 2 is 1.76 bits per heavy atom. The van der Waals surface area contributed by atoms with Crippen molar-refractivity contribution in [3.63, 3.8) is 0 Å². The third-order valence-electron chi connectivity index (χ3n) is 4.14. The molecule has 0 bridgehead atoms. The minimum atomic E-state index is -0.999. The van der Waals surface area contributed by atoms with Gasteiger partial charge in [0, 0.05) is 55.4 Å². The first-order valence-corrected chi connectivity index (χ1v) is 8.77. The van der Waals surface area contributed by atoms with Crippen LogP contribution in [0.1, 0.15) is 16.2 Å². The van der Waals surface area contributed by atoms with Crippen molar-refractivity contribution in [2.24, 2.45) is 4.99 Å². The van der Waals surface area contributed by atoms with Gasteiger partial charge in [-0.2, -0.15) is 5.10 Å². The number of aryl methyl sites for hydroxylation is 1. The monoisotopic (exact) mass is 392 g/mol. The number of hydrogen-bond donors (Lipinski definition) is 1. The lowest BCUT2D eigenvalue weighted by atomic mass is 9.99. The van der Waals surface area contributed by atoms with Crippen LogP contribution in [0.3, 0.4) is 0 Å². The standard InChI is InChI=1S/C17H17N5O3.C3H3N/c1-10-18-6-12(7-19-10)13-4-11-8-20-22(9-16(23)24)15(11)5-14(13)17(25)21(2)3;1-2-4-3-1/h4-8H,9H2,1-3H3,(H,23,24);1-3H. The average Bonchev–Trinajstić information content (AvgIpc) is 3.00. The number of aliphatic carboxylic acids is 1. The van der Waals surface area contributed by atoms with Gasteiger partial charge in [-0.25, -0.2) is 9.97 Å². The molecular weight excluding hydrogens is 372 g/mol. The SMILES string of the molecule is C1=CN=C1.Cc1ncc(-c2cc3cnn(CC(=O)O)c3cc2C(=O)N(C)C)cn1. The quantitative estimate of drug-likeness (QED) is 0.728. The molecule has 148 valence electrons. The van der Waals surface area contributed by atoms with E-state index in [0.717, 1.165) is 5.39 Å². The van der Waals surface area contributed by atoms with Crippen LogP contribution in [0.5, 0.6) is 0 Å².